The zero-order valence-electron chi connectivity index (χ0n) is 17.8. The molecule has 1 aliphatic rings. The second-order valence-electron chi connectivity index (χ2n) is 7.84. The lowest BCUT2D eigenvalue weighted by molar-refractivity contribution is -0.133. The first-order valence-electron chi connectivity index (χ1n) is 10.2. The smallest absolute Gasteiger partial charge is 0.260 e. The Morgan fingerprint density at radius 1 is 0.897 bits per heavy atom. The molecular weight excluding hydrogens is 364 g/mol. The molecule has 2 aromatic carbocycles. The van der Waals surface area contributed by atoms with Crippen LogP contribution in [0.15, 0.2) is 36.4 Å². The predicted octanol–water partition coefficient (Wildman–Crippen LogP) is 3.67. The second kappa shape index (κ2) is 9.12. The van der Waals surface area contributed by atoms with Crippen molar-refractivity contribution in [3.8, 4) is 5.75 Å². The molecule has 1 heterocycles. The molecule has 0 spiro atoms. The van der Waals surface area contributed by atoms with Gasteiger partial charge < -0.3 is 14.5 Å². The minimum Gasteiger partial charge on any atom is -0.483 e. The molecule has 154 valence electrons. The zero-order valence-corrected chi connectivity index (χ0v) is 17.8. The van der Waals surface area contributed by atoms with Gasteiger partial charge in [-0.3, -0.25) is 9.59 Å². The quantitative estimate of drug-likeness (QED) is 0.795. The van der Waals surface area contributed by atoms with Crippen LogP contribution in [0.4, 0.5) is 0 Å². The van der Waals surface area contributed by atoms with Gasteiger partial charge in [-0.1, -0.05) is 29.8 Å². The summed E-state index contributed by atoms with van der Waals surface area (Å²) in [6, 6.07) is 11.7. The van der Waals surface area contributed by atoms with Crippen molar-refractivity contribution in [1.29, 1.82) is 0 Å². The molecule has 29 heavy (non-hydrogen) atoms. The van der Waals surface area contributed by atoms with E-state index < -0.39 is 0 Å². The molecule has 1 saturated heterocycles. The number of aryl methyl sites for hydroxylation is 3. The minimum atomic E-state index is -0.0323. The fraction of sp³-hybridized carbons (Fsp3) is 0.417. The van der Waals surface area contributed by atoms with Gasteiger partial charge in [0, 0.05) is 31.7 Å². The van der Waals surface area contributed by atoms with Gasteiger partial charge >= 0.3 is 0 Å². The van der Waals surface area contributed by atoms with Crippen molar-refractivity contribution < 1.29 is 14.3 Å². The van der Waals surface area contributed by atoms with Crippen LogP contribution in [-0.2, 0) is 4.79 Å². The fourth-order valence-electron chi connectivity index (χ4n) is 3.70. The Balaban J connectivity index is 1.58. The van der Waals surface area contributed by atoms with Gasteiger partial charge in [0.15, 0.2) is 6.61 Å². The van der Waals surface area contributed by atoms with Gasteiger partial charge in [0.1, 0.15) is 5.75 Å². The third-order valence-corrected chi connectivity index (χ3v) is 5.61. The molecule has 1 fully saturated rings. The van der Waals surface area contributed by atoms with Crippen molar-refractivity contribution in [1.82, 2.24) is 9.80 Å². The summed E-state index contributed by atoms with van der Waals surface area (Å²) >= 11 is 0. The van der Waals surface area contributed by atoms with Crippen LogP contribution in [0.3, 0.4) is 0 Å². The number of carbonyl (C=O) groups is 2. The number of rotatable bonds is 4. The topological polar surface area (TPSA) is 49.9 Å². The lowest BCUT2D eigenvalue weighted by atomic mass is 10.1. The van der Waals surface area contributed by atoms with E-state index in [1.54, 1.807) is 0 Å². The minimum absolute atomic E-state index is 0.0248. The molecular formula is C24H30N2O3. The number of ether oxygens (including phenoxy) is 1. The SMILES string of the molecule is Cc1cccc(C(=O)N2CCCN(C(=O)COc3c(C)ccc(C)c3C)CC2)c1. The van der Waals surface area contributed by atoms with E-state index in [0.717, 1.165) is 34.4 Å². The van der Waals surface area contributed by atoms with Crippen molar-refractivity contribution in [2.75, 3.05) is 32.8 Å². The van der Waals surface area contributed by atoms with Crippen LogP contribution >= 0.6 is 0 Å². The van der Waals surface area contributed by atoms with Crippen molar-refractivity contribution in [2.45, 2.75) is 34.1 Å². The van der Waals surface area contributed by atoms with Gasteiger partial charge in [0.05, 0.1) is 0 Å². The van der Waals surface area contributed by atoms with Gasteiger partial charge in [-0.25, -0.2) is 0 Å². The molecule has 3 rings (SSSR count). The van der Waals surface area contributed by atoms with Gasteiger partial charge in [-0.15, -0.1) is 0 Å². The summed E-state index contributed by atoms with van der Waals surface area (Å²) in [7, 11) is 0. The van der Waals surface area contributed by atoms with Crippen molar-refractivity contribution in [2.24, 2.45) is 0 Å². The summed E-state index contributed by atoms with van der Waals surface area (Å²) < 4.78 is 5.89. The monoisotopic (exact) mass is 394 g/mol. The lowest BCUT2D eigenvalue weighted by Crippen LogP contribution is -2.39. The van der Waals surface area contributed by atoms with E-state index in [1.165, 1.54) is 0 Å². The molecule has 0 saturated carbocycles. The summed E-state index contributed by atoms with van der Waals surface area (Å²) in [4.78, 5) is 29.2. The standard InChI is InChI=1S/C24H30N2O3/c1-17-7-5-8-21(15-17)24(28)26-12-6-11-25(13-14-26)22(27)16-29-23-19(3)10-9-18(2)20(23)4/h5,7-10,15H,6,11-14,16H2,1-4H3. The maximum atomic E-state index is 12.8. The Hall–Kier alpha value is -2.82. The molecule has 2 aromatic rings. The predicted molar refractivity (Wildman–Crippen MR) is 114 cm³/mol. The average Bonchev–Trinajstić information content (AvgIpc) is 2.96. The Bertz CT molecular complexity index is 907. The second-order valence-corrected chi connectivity index (χ2v) is 7.84. The Morgan fingerprint density at radius 3 is 2.34 bits per heavy atom. The van der Waals surface area contributed by atoms with Crippen molar-refractivity contribution in [3.05, 3.63) is 64.2 Å². The summed E-state index contributed by atoms with van der Waals surface area (Å²) in [5.41, 5.74) is 5.04. The number of benzene rings is 2. The van der Waals surface area contributed by atoms with E-state index in [-0.39, 0.29) is 18.4 Å². The lowest BCUT2D eigenvalue weighted by Gasteiger charge is -2.23. The third-order valence-electron chi connectivity index (χ3n) is 5.61. The number of amides is 2. The summed E-state index contributed by atoms with van der Waals surface area (Å²) in [5.74, 6) is 0.796. The molecule has 0 aromatic heterocycles. The molecule has 5 heteroatoms. The largest absolute Gasteiger partial charge is 0.483 e. The zero-order chi connectivity index (χ0) is 21.0. The normalized spacial score (nSPS) is 14.5. The maximum Gasteiger partial charge on any atom is 0.260 e. The molecule has 0 unspecified atom stereocenters. The van der Waals surface area contributed by atoms with Crippen LogP contribution in [0.1, 0.15) is 39.0 Å². The summed E-state index contributed by atoms with van der Waals surface area (Å²) in [5, 5.41) is 0. The van der Waals surface area contributed by atoms with Gasteiger partial charge in [0.2, 0.25) is 0 Å². The molecule has 0 N–H and O–H groups in total. The molecule has 2 amide bonds. The van der Waals surface area contributed by atoms with Crippen LogP contribution in [0, 0.1) is 27.7 Å². The fourth-order valence-corrected chi connectivity index (χ4v) is 3.70. The van der Waals surface area contributed by atoms with Crippen LogP contribution in [0.5, 0.6) is 5.75 Å². The highest BCUT2D eigenvalue weighted by molar-refractivity contribution is 5.94. The Labute approximate surface area is 173 Å². The number of hydrogen-bond donors (Lipinski definition) is 0. The molecule has 5 nitrogen and oxygen atoms in total. The van der Waals surface area contributed by atoms with Crippen LogP contribution in [-0.4, -0.2) is 54.4 Å². The van der Waals surface area contributed by atoms with E-state index in [9.17, 15) is 9.59 Å². The van der Waals surface area contributed by atoms with E-state index in [2.05, 4.69) is 6.07 Å². The summed E-state index contributed by atoms with van der Waals surface area (Å²) in [6.07, 6.45) is 0.770. The Kier molecular flexibility index (Phi) is 6.57. The Morgan fingerprint density at radius 2 is 1.59 bits per heavy atom. The van der Waals surface area contributed by atoms with Crippen molar-refractivity contribution in [3.63, 3.8) is 0 Å². The number of nitrogens with zero attached hydrogens (tertiary/aromatic N) is 2. The van der Waals surface area contributed by atoms with Crippen LogP contribution < -0.4 is 4.74 Å². The first-order valence-corrected chi connectivity index (χ1v) is 10.2. The summed E-state index contributed by atoms with van der Waals surface area (Å²) in [6.45, 7) is 10.4. The highest BCUT2D eigenvalue weighted by atomic mass is 16.5. The average molecular weight is 395 g/mol. The maximum absolute atomic E-state index is 12.8. The first-order chi connectivity index (χ1) is 13.9. The molecule has 1 aliphatic heterocycles. The number of carbonyl (C=O) groups excluding carboxylic acids is 2. The highest BCUT2D eigenvalue weighted by Gasteiger charge is 2.23. The number of hydrogen-bond acceptors (Lipinski definition) is 3. The van der Waals surface area contributed by atoms with Crippen LogP contribution in [0.2, 0.25) is 0 Å². The van der Waals surface area contributed by atoms with Crippen LogP contribution in [0.25, 0.3) is 0 Å². The van der Waals surface area contributed by atoms with Gasteiger partial charge in [0.25, 0.3) is 11.8 Å². The van der Waals surface area contributed by atoms with Gasteiger partial charge in [-0.2, -0.15) is 0 Å². The third kappa shape index (κ3) is 4.97. The van der Waals surface area contributed by atoms with E-state index in [4.69, 9.17) is 4.74 Å². The molecule has 0 aliphatic carbocycles. The van der Waals surface area contributed by atoms with E-state index in [1.807, 2.05) is 67.8 Å². The van der Waals surface area contributed by atoms with Gasteiger partial charge in [-0.05, 0) is 62.9 Å². The van der Waals surface area contributed by atoms with Crippen molar-refractivity contribution >= 4 is 11.8 Å². The molecule has 0 bridgehead atoms. The van der Waals surface area contributed by atoms with E-state index >= 15 is 0 Å². The first kappa shape index (κ1) is 20.9. The molecule has 0 radical (unpaired) electrons. The molecule has 0 atom stereocenters. The van der Waals surface area contributed by atoms with E-state index in [0.29, 0.717) is 31.7 Å². The highest BCUT2D eigenvalue weighted by Crippen LogP contribution is 2.25.